The van der Waals surface area contributed by atoms with Gasteiger partial charge in [0.15, 0.2) is 0 Å². The van der Waals surface area contributed by atoms with E-state index in [1.807, 2.05) is 0 Å². The molecular weight excluding hydrogens is 244 g/mol. The molecule has 2 rings (SSSR count). The number of carbonyl (C=O) groups is 1. The first-order valence-corrected chi connectivity index (χ1v) is 6.88. The Hall–Kier alpha value is -1.56. The molecule has 1 aliphatic heterocycles. The van der Waals surface area contributed by atoms with Gasteiger partial charge >= 0.3 is 0 Å². The van der Waals surface area contributed by atoms with Crippen LogP contribution in [0.5, 0.6) is 0 Å². The Balaban J connectivity index is 2.17. The predicted molar refractivity (Wildman–Crippen MR) is 70.3 cm³/mol. The van der Waals surface area contributed by atoms with E-state index in [4.69, 9.17) is 0 Å². The number of carboxylic acids is 1. The van der Waals surface area contributed by atoms with Crippen LogP contribution in [0.15, 0.2) is 0 Å². The number of nitrogens with zero attached hydrogens (tertiary/aromatic N) is 3. The molecule has 0 atom stereocenters. The molecule has 6 nitrogen and oxygen atoms in total. The van der Waals surface area contributed by atoms with E-state index in [1.165, 1.54) is 13.0 Å². The molecule has 1 fully saturated rings. The SMILES string of the molecule is CCC[NH+]1CCN(c2c(C(=O)[O-])c(C)nn2C)CC1. The van der Waals surface area contributed by atoms with E-state index in [-0.39, 0.29) is 5.56 Å². The fourth-order valence-corrected chi connectivity index (χ4v) is 2.89. The Morgan fingerprint density at radius 3 is 2.58 bits per heavy atom. The van der Waals surface area contributed by atoms with Gasteiger partial charge in [-0.3, -0.25) is 4.68 Å². The van der Waals surface area contributed by atoms with E-state index in [0.717, 1.165) is 26.2 Å². The van der Waals surface area contributed by atoms with Gasteiger partial charge in [0, 0.05) is 7.05 Å². The number of carbonyl (C=O) groups excluding carboxylic acids is 1. The van der Waals surface area contributed by atoms with Gasteiger partial charge in [-0.15, -0.1) is 0 Å². The highest BCUT2D eigenvalue weighted by Gasteiger charge is 2.25. The maximum Gasteiger partial charge on any atom is 0.136 e. The van der Waals surface area contributed by atoms with Crippen LogP contribution in [0.2, 0.25) is 0 Å². The molecule has 1 aliphatic rings. The molecule has 0 unspecified atom stereocenters. The molecule has 0 amide bonds. The van der Waals surface area contributed by atoms with Crippen molar-refractivity contribution in [2.24, 2.45) is 7.05 Å². The van der Waals surface area contributed by atoms with E-state index in [9.17, 15) is 9.90 Å². The summed E-state index contributed by atoms with van der Waals surface area (Å²) in [5.74, 6) is -0.447. The summed E-state index contributed by atoms with van der Waals surface area (Å²) in [6.07, 6.45) is 1.18. The zero-order valence-electron chi connectivity index (χ0n) is 11.9. The topological polar surface area (TPSA) is 65.6 Å². The lowest BCUT2D eigenvalue weighted by Gasteiger charge is -2.34. The van der Waals surface area contributed by atoms with Crippen LogP contribution >= 0.6 is 0 Å². The van der Waals surface area contributed by atoms with Gasteiger partial charge in [0.2, 0.25) is 0 Å². The van der Waals surface area contributed by atoms with Crippen molar-refractivity contribution in [2.75, 3.05) is 37.6 Å². The third-order valence-electron chi connectivity index (χ3n) is 3.77. The molecule has 0 radical (unpaired) electrons. The average molecular weight is 266 g/mol. The quantitative estimate of drug-likeness (QED) is 0.699. The Bertz CT molecular complexity index is 461. The normalized spacial score (nSPS) is 16.9. The lowest BCUT2D eigenvalue weighted by atomic mass is 10.2. The number of aromatic carboxylic acids is 1. The Morgan fingerprint density at radius 2 is 2.05 bits per heavy atom. The molecule has 1 aromatic rings. The van der Waals surface area contributed by atoms with Crippen LogP contribution in [-0.4, -0.2) is 48.5 Å². The highest BCUT2D eigenvalue weighted by Crippen LogP contribution is 2.22. The first kappa shape index (κ1) is 13.9. The van der Waals surface area contributed by atoms with Gasteiger partial charge in [0.05, 0.1) is 50.0 Å². The summed E-state index contributed by atoms with van der Waals surface area (Å²) >= 11 is 0. The zero-order chi connectivity index (χ0) is 14.0. The molecule has 0 aliphatic carbocycles. The Kier molecular flexibility index (Phi) is 4.09. The lowest BCUT2D eigenvalue weighted by molar-refractivity contribution is -0.900. The Labute approximate surface area is 113 Å². The van der Waals surface area contributed by atoms with Gasteiger partial charge in [0.1, 0.15) is 5.82 Å². The van der Waals surface area contributed by atoms with Crippen LogP contribution < -0.4 is 14.9 Å². The molecule has 2 heterocycles. The minimum atomic E-state index is -1.14. The second-order valence-electron chi connectivity index (χ2n) is 5.18. The summed E-state index contributed by atoms with van der Waals surface area (Å²) in [6.45, 7) is 8.93. The largest absolute Gasteiger partial charge is 0.545 e. The van der Waals surface area contributed by atoms with Gasteiger partial charge in [0.25, 0.3) is 0 Å². The molecule has 0 spiro atoms. The molecule has 1 N–H and O–H groups in total. The van der Waals surface area contributed by atoms with Crippen molar-refractivity contribution in [3.05, 3.63) is 11.3 Å². The minimum absolute atomic E-state index is 0.237. The number of piperazine rings is 1. The third kappa shape index (κ3) is 2.73. The number of aryl methyl sites for hydroxylation is 2. The molecule has 19 heavy (non-hydrogen) atoms. The molecule has 1 aromatic heterocycles. The second kappa shape index (κ2) is 5.61. The van der Waals surface area contributed by atoms with Gasteiger partial charge in [-0.05, 0) is 13.3 Å². The van der Waals surface area contributed by atoms with Gasteiger partial charge in [-0.2, -0.15) is 5.10 Å². The van der Waals surface area contributed by atoms with Crippen molar-refractivity contribution in [3.63, 3.8) is 0 Å². The molecule has 0 bridgehead atoms. The van der Waals surface area contributed by atoms with Crippen LogP contribution in [0.1, 0.15) is 29.4 Å². The summed E-state index contributed by atoms with van der Waals surface area (Å²) in [7, 11) is 1.79. The number of anilines is 1. The number of aromatic nitrogens is 2. The molecule has 0 saturated carbocycles. The van der Waals surface area contributed by atoms with Crippen molar-refractivity contribution in [2.45, 2.75) is 20.3 Å². The summed E-state index contributed by atoms with van der Waals surface area (Å²) in [6, 6.07) is 0. The number of hydrogen-bond donors (Lipinski definition) is 1. The van der Waals surface area contributed by atoms with Crippen molar-refractivity contribution in [1.29, 1.82) is 0 Å². The fourth-order valence-electron chi connectivity index (χ4n) is 2.89. The van der Waals surface area contributed by atoms with Crippen molar-refractivity contribution in [3.8, 4) is 0 Å². The van der Waals surface area contributed by atoms with Crippen molar-refractivity contribution in [1.82, 2.24) is 9.78 Å². The van der Waals surface area contributed by atoms with E-state index >= 15 is 0 Å². The number of hydrogen-bond acceptors (Lipinski definition) is 4. The third-order valence-corrected chi connectivity index (χ3v) is 3.77. The fraction of sp³-hybridized carbons (Fsp3) is 0.692. The number of rotatable bonds is 4. The monoisotopic (exact) mass is 266 g/mol. The second-order valence-corrected chi connectivity index (χ2v) is 5.18. The summed E-state index contributed by atoms with van der Waals surface area (Å²) in [4.78, 5) is 15.0. The average Bonchev–Trinajstić information content (AvgIpc) is 2.66. The van der Waals surface area contributed by atoms with Crippen LogP contribution in [0, 0.1) is 6.92 Å². The molecule has 106 valence electrons. The van der Waals surface area contributed by atoms with E-state index < -0.39 is 5.97 Å². The zero-order valence-corrected chi connectivity index (χ0v) is 11.9. The van der Waals surface area contributed by atoms with E-state index in [1.54, 1.807) is 23.6 Å². The lowest BCUT2D eigenvalue weighted by Crippen LogP contribution is -3.14. The predicted octanol–water partition coefficient (Wildman–Crippen LogP) is -1.79. The maximum atomic E-state index is 11.3. The number of nitrogens with one attached hydrogen (secondary N) is 1. The first-order valence-electron chi connectivity index (χ1n) is 6.88. The summed E-state index contributed by atoms with van der Waals surface area (Å²) in [5.41, 5.74) is 0.766. The number of quaternary nitrogens is 1. The summed E-state index contributed by atoms with van der Waals surface area (Å²) in [5, 5.41) is 15.5. The molecule has 6 heteroatoms. The van der Waals surface area contributed by atoms with Gasteiger partial charge < -0.3 is 19.7 Å². The van der Waals surface area contributed by atoms with Crippen LogP contribution in [0.3, 0.4) is 0 Å². The van der Waals surface area contributed by atoms with Crippen LogP contribution in [-0.2, 0) is 7.05 Å². The standard InChI is InChI=1S/C13H22N4O2/c1-4-5-16-6-8-17(9-7-16)12-11(13(18)19)10(2)14-15(12)3/h4-9H2,1-3H3,(H,18,19). The molecule has 1 saturated heterocycles. The van der Waals surface area contributed by atoms with Crippen LogP contribution in [0.4, 0.5) is 5.82 Å². The van der Waals surface area contributed by atoms with Crippen molar-refractivity contribution < 1.29 is 14.8 Å². The highest BCUT2D eigenvalue weighted by atomic mass is 16.4. The smallest absolute Gasteiger partial charge is 0.136 e. The van der Waals surface area contributed by atoms with Gasteiger partial charge in [-0.1, -0.05) is 6.92 Å². The summed E-state index contributed by atoms with van der Waals surface area (Å²) < 4.78 is 1.66. The molecule has 0 aromatic carbocycles. The van der Waals surface area contributed by atoms with E-state index in [0.29, 0.717) is 11.5 Å². The van der Waals surface area contributed by atoms with Gasteiger partial charge in [-0.25, -0.2) is 0 Å². The molecular formula is C13H22N4O2. The van der Waals surface area contributed by atoms with Crippen molar-refractivity contribution >= 4 is 11.8 Å². The first-order chi connectivity index (χ1) is 9.04. The minimum Gasteiger partial charge on any atom is -0.545 e. The Morgan fingerprint density at radius 1 is 1.42 bits per heavy atom. The maximum absolute atomic E-state index is 11.3. The van der Waals surface area contributed by atoms with E-state index in [2.05, 4.69) is 16.9 Å². The highest BCUT2D eigenvalue weighted by molar-refractivity contribution is 5.93. The van der Waals surface area contributed by atoms with Crippen LogP contribution in [0.25, 0.3) is 0 Å². The number of carboxylic acid groups (broad SMARTS) is 1.